The summed E-state index contributed by atoms with van der Waals surface area (Å²) in [4.78, 5) is 93.4. The number of hydrogen-bond acceptors (Lipinski definition) is 21. The molecule has 3 unspecified atom stereocenters. The van der Waals surface area contributed by atoms with Crippen LogP contribution in [0.3, 0.4) is 0 Å². The van der Waals surface area contributed by atoms with Gasteiger partial charge in [-0.25, -0.2) is 19.3 Å². The molecule has 2 aromatic rings. The third-order valence-electron chi connectivity index (χ3n) is 7.20. The van der Waals surface area contributed by atoms with Crippen LogP contribution in [0.4, 0.5) is 5.82 Å². The van der Waals surface area contributed by atoms with Crippen molar-refractivity contribution in [3.8, 4) is 0 Å². The molecule has 0 radical (unpaired) electrons. The summed E-state index contributed by atoms with van der Waals surface area (Å²) < 4.78 is 60.7. The van der Waals surface area contributed by atoms with Crippen molar-refractivity contribution < 1.29 is 169 Å². The third-order valence-corrected chi connectivity index (χ3v) is 11.4. The van der Waals surface area contributed by atoms with Crippen LogP contribution in [0.5, 0.6) is 0 Å². The van der Waals surface area contributed by atoms with Crippen molar-refractivity contribution >= 4 is 69.1 Å². The fourth-order valence-corrected chi connectivity index (χ4v) is 7.91. The molecule has 56 heavy (non-hydrogen) atoms. The molecule has 0 saturated carbocycles. The van der Waals surface area contributed by atoms with E-state index in [9.17, 15) is 57.9 Å². The number of hydrogen-bond donors (Lipinski definition) is 6. The fraction of sp³-hybridized carbons (Fsp3) is 0.680. The smallest absolute Gasteiger partial charge is 0.756 e. The molecule has 24 nitrogen and oxygen atoms in total. The van der Waals surface area contributed by atoms with Crippen LogP contribution in [0.25, 0.3) is 11.2 Å². The number of imidazole rings is 1. The number of carbonyl (C=O) groups excluding carboxylic acids is 3. The first-order valence-electron chi connectivity index (χ1n) is 15.4. The van der Waals surface area contributed by atoms with E-state index in [4.69, 9.17) is 10.5 Å². The van der Waals surface area contributed by atoms with Crippen LogP contribution >= 0.6 is 35.2 Å². The van der Waals surface area contributed by atoms with Crippen molar-refractivity contribution in [2.75, 3.05) is 37.8 Å². The van der Waals surface area contributed by atoms with E-state index >= 15 is 0 Å². The van der Waals surface area contributed by atoms with Gasteiger partial charge in [-0.2, -0.15) is 0 Å². The number of nitrogens with zero attached hydrogens (tertiary/aromatic N) is 4. The molecule has 1 fully saturated rings. The van der Waals surface area contributed by atoms with E-state index in [2.05, 4.69) is 43.5 Å². The quantitative estimate of drug-likeness (QED) is 0.0408. The Kier molecular flexibility index (Phi) is 24.5. The number of nitrogens with two attached hydrogens (primary N) is 1. The van der Waals surface area contributed by atoms with Crippen LogP contribution in [0.1, 0.15) is 40.3 Å². The first kappa shape index (κ1) is 56.6. The van der Waals surface area contributed by atoms with Gasteiger partial charge in [0.05, 0.1) is 19.5 Å². The van der Waals surface area contributed by atoms with Gasteiger partial charge in [-0.3, -0.25) is 32.6 Å². The minimum atomic E-state index is -5.89. The molecule has 31 heteroatoms. The second kappa shape index (κ2) is 24.3. The van der Waals surface area contributed by atoms with Gasteiger partial charge < -0.3 is 64.5 Å². The number of nitrogens with one attached hydrogen (secondary N) is 2. The van der Waals surface area contributed by atoms with E-state index in [1.54, 1.807) is 13.8 Å². The van der Waals surface area contributed by atoms with Crippen LogP contribution in [-0.2, 0) is 50.7 Å². The molecule has 1 aliphatic rings. The molecule has 0 bridgehead atoms. The summed E-state index contributed by atoms with van der Waals surface area (Å²) in [6.45, 7) is 3.66. The molecular weight excluding hydrogens is 864 g/mol. The molecule has 3 heterocycles. The number of carbonyl (C=O) groups is 3. The van der Waals surface area contributed by atoms with Crippen molar-refractivity contribution in [2.45, 2.75) is 64.8 Å². The predicted octanol–water partition coefficient (Wildman–Crippen LogP) is -11.6. The van der Waals surface area contributed by atoms with Gasteiger partial charge in [0.25, 0.3) is 23.5 Å². The number of aliphatic hydroxyl groups is 2. The molecule has 3 rings (SSSR count). The van der Waals surface area contributed by atoms with Gasteiger partial charge in [0, 0.05) is 36.6 Å². The minimum absolute atomic E-state index is 0. The maximum atomic E-state index is 12.5. The number of aromatic nitrogens is 4. The summed E-state index contributed by atoms with van der Waals surface area (Å²) in [7, 11) is -17.3. The topological polar surface area (TPSA) is 372 Å². The Labute approximate surface area is 391 Å². The Morgan fingerprint density at radius 2 is 1.68 bits per heavy atom. The van der Waals surface area contributed by atoms with Gasteiger partial charge >= 0.3 is 88.7 Å². The van der Waals surface area contributed by atoms with Gasteiger partial charge in [-0.05, 0) is 0 Å². The van der Waals surface area contributed by atoms with Crippen molar-refractivity contribution in [3.05, 3.63) is 12.7 Å². The largest absolute Gasteiger partial charge is 1.00 e. The van der Waals surface area contributed by atoms with E-state index in [1.165, 1.54) is 13.8 Å². The molecule has 8 atom stereocenters. The summed E-state index contributed by atoms with van der Waals surface area (Å²) in [6, 6.07) is 0. The number of phosphoric ester groups is 3. The molecule has 0 aliphatic carbocycles. The standard InChI is InChI=1S/C25H42N7O17P3S.3Na/c1-13(2)24(37)53-8-7-27-15(33)5-6-28-22(36)19(35)25(3,4)10-46-52(43,44)49-51(41,42)45-9-14-18(48-50(38,39)40)17(34)23(47-14)32-12-31-16-20(26)29-11-30-21(16)32;;;/h11-14,17-19,23,34-35H,5-10H2,1-4H3,(H,27,33)(H,28,36)(H,41,42)(H,43,44)(H2,26,29,30)(H2,38,39,40);;;/q;3*+1/p-3/t14-,17-,18-,19+,23-;;;/m1.../s1. The van der Waals surface area contributed by atoms with Gasteiger partial charge in [-0.15, -0.1) is 0 Å². The van der Waals surface area contributed by atoms with Crippen molar-refractivity contribution in [1.82, 2.24) is 30.2 Å². The maximum Gasteiger partial charge on any atom is 1.00 e. The number of anilines is 1. The van der Waals surface area contributed by atoms with Gasteiger partial charge in [0.15, 0.2) is 22.8 Å². The van der Waals surface area contributed by atoms with E-state index in [-0.39, 0.29) is 136 Å². The van der Waals surface area contributed by atoms with Crippen molar-refractivity contribution in [1.29, 1.82) is 0 Å². The zero-order valence-corrected chi connectivity index (χ0v) is 41.0. The van der Waals surface area contributed by atoms with E-state index in [0.29, 0.717) is 5.75 Å². The number of thioether (sulfide) groups is 1. The number of rotatable bonds is 20. The SMILES string of the molecule is CC(C)C(=O)SCCNC(=O)CCNC(=O)[C@H](O)C(C)(C)COP(=O)([O-])OP(=O)([O-])OC[C@H]1O[C@@H](n2cnc3c(N)ncnc32)[C@H](O)[C@@H]1OP(=O)([O-])O.[Na+].[Na+].[Na+]. The van der Waals surface area contributed by atoms with E-state index in [1.807, 2.05) is 0 Å². The van der Waals surface area contributed by atoms with Crippen LogP contribution in [0.2, 0.25) is 0 Å². The van der Waals surface area contributed by atoms with Gasteiger partial charge in [0.1, 0.15) is 36.3 Å². The zero-order valence-electron chi connectivity index (χ0n) is 31.5. The molecule has 7 N–H and O–H groups in total. The summed E-state index contributed by atoms with van der Waals surface area (Å²) in [6.07, 6.45) is -7.36. The predicted molar refractivity (Wildman–Crippen MR) is 175 cm³/mol. The molecule has 0 aromatic carbocycles. The summed E-state index contributed by atoms with van der Waals surface area (Å²) in [5.41, 5.74) is 4.11. The minimum Gasteiger partial charge on any atom is -0.756 e. The average Bonchev–Trinajstić information content (AvgIpc) is 3.60. The summed E-state index contributed by atoms with van der Waals surface area (Å²) in [5.74, 6) is -1.32. The summed E-state index contributed by atoms with van der Waals surface area (Å²) >= 11 is 1.07. The number of amides is 2. The second-order valence-electron chi connectivity index (χ2n) is 12.3. The van der Waals surface area contributed by atoms with Gasteiger partial charge in [0.2, 0.25) is 11.8 Å². The molecule has 1 saturated heterocycles. The number of aliphatic hydroxyl groups excluding tert-OH is 2. The summed E-state index contributed by atoms with van der Waals surface area (Å²) in [5, 5.41) is 26.1. The molecule has 2 amide bonds. The Bertz CT molecular complexity index is 1780. The molecular formula is C25H39N7Na3O17P3S. The monoisotopic (exact) mass is 903 g/mol. The Hall–Kier alpha value is 0.560. The number of ether oxygens (including phenoxy) is 1. The number of fused-ring (bicyclic) bond motifs is 1. The molecule has 1 aliphatic heterocycles. The van der Waals surface area contributed by atoms with Crippen LogP contribution in [-0.4, -0.2) is 108 Å². The zero-order chi connectivity index (χ0) is 39.9. The molecule has 0 spiro atoms. The molecule has 300 valence electrons. The maximum absolute atomic E-state index is 12.5. The van der Waals surface area contributed by atoms with E-state index < -0.39 is 84.6 Å². The van der Waals surface area contributed by atoms with Crippen molar-refractivity contribution in [2.24, 2.45) is 11.3 Å². The van der Waals surface area contributed by atoms with Crippen LogP contribution in [0, 0.1) is 11.3 Å². The Balaban J connectivity index is 0.0000101. The first-order valence-corrected chi connectivity index (χ1v) is 20.8. The Morgan fingerprint density at radius 1 is 1.05 bits per heavy atom. The normalized spacial score (nSPS) is 22.0. The van der Waals surface area contributed by atoms with Gasteiger partial charge in [-0.1, -0.05) is 39.5 Å². The van der Waals surface area contributed by atoms with Crippen LogP contribution in [0.15, 0.2) is 12.7 Å². The average molecular weight is 904 g/mol. The number of phosphoric acid groups is 3. The van der Waals surface area contributed by atoms with Crippen molar-refractivity contribution in [3.63, 3.8) is 0 Å². The number of nitrogen functional groups attached to an aromatic ring is 1. The Morgan fingerprint density at radius 3 is 2.29 bits per heavy atom. The van der Waals surface area contributed by atoms with E-state index in [0.717, 1.165) is 29.0 Å². The molecule has 2 aromatic heterocycles. The third kappa shape index (κ3) is 17.5. The first-order chi connectivity index (χ1) is 24.4. The second-order valence-corrected chi connectivity index (χ2v) is 17.5. The fourth-order valence-electron chi connectivity index (χ4n) is 4.43. The van der Waals surface area contributed by atoms with Crippen LogP contribution < -0.4 is 120 Å².